The van der Waals surface area contributed by atoms with Gasteiger partial charge in [-0.3, -0.25) is 9.59 Å². The van der Waals surface area contributed by atoms with E-state index in [4.69, 9.17) is 9.47 Å². The lowest BCUT2D eigenvalue weighted by atomic mass is 10.2. The molecule has 0 radical (unpaired) electrons. The third-order valence-electron chi connectivity index (χ3n) is 3.88. The van der Waals surface area contributed by atoms with Crippen molar-refractivity contribution in [3.8, 4) is 0 Å². The van der Waals surface area contributed by atoms with E-state index in [1.807, 2.05) is 13.8 Å². The highest BCUT2D eigenvalue weighted by molar-refractivity contribution is 5.79. The van der Waals surface area contributed by atoms with Crippen LogP contribution in [0.25, 0.3) is 0 Å². The van der Waals surface area contributed by atoms with Gasteiger partial charge in [0.15, 0.2) is 6.29 Å². The number of nitrogens with zero attached hydrogens (tertiary/aromatic N) is 2. The molecule has 0 bridgehead atoms. The monoisotopic (exact) mass is 323 g/mol. The van der Waals surface area contributed by atoms with Crippen LogP contribution in [0, 0.1) is 0 Å². The van der Waals surface area contributed by atoms with Crippen molar-refractivity contribution in [1.82, 2.24) is 15.1 Å². The standard InChI is InChI=1S/C16H25N3O4/c1-4-22-15(23-5-2)10-17-16(21)11(3)19-14(20)9-12-7-6-8-13(12)18-19/h9,11,15H,4-8,10H2,1-3H3,(H,17,21). The van der Waals surface area contributed by atoms with Crippen LogP contribution in [0.1, 0.15) is 44.5 Å². The van der Waals surface area contributed by atoms with Gasteiger partial charge in [-0.05, 0) is 45.6 Å². The number of ether oxygens (including phenoxy) is 2. The van der Waals surface area contributed by atoms with Crippen molar-refractivity contribution in [2.75, 3.05) is 19.8 Å². The van der Waals surface area contributed by atoms with Crippen molar-refractivity contribution in [2.24, 2.45) is 0 Å². The number of carbonyl (C=O) groups is 1. The Morgan fingerprint density at radius 3 is 2.70 bits per heavy atom. The lowest BCUT2D eigenvalue weighted by molar-refractivity contribution is -0.141. The van der Waals surface area contributed by atoms with Crippen LogP contribution in [-0.4, -0.2) is 41.7 Å². The Morgan fingerprint density at radius 1 is 1.35 bits per heavy atom. The van der Waals surface area contributed by atoms with Gasteiger partial charge in [0.05, 0.1) is 12.2 Å². The van der Waals surface area contributed by atoms with Gasteiger partial charge >= 0.3 is 0 Å². The highest BCUT2D eigenvalue weighted by Gasteiger charge is 2.22. The fourth-order valence-electron chi connectivity index (χ4n) is 2.67. The van der Waals surface area contributed by atoms with Gasteiger partial charge in [0.1, 0.15) is 6.04 Å². The lowest BCUT2D eigenvalue weighted by Gasteiger charge is -2.19. The number of aromatic nitrogens is 2. The first-order valence-corrected chi connectivity index (χ1v) is 8.19. The van der Waals surface area contributed by atoms with E-state index < -0.39 is 12.3 Å². The van der Waals surface area contributed by atoms with Gasteiger partial charge in [0, 0.05) is 19.3 Å². The summed E-state index contributed by atoms with van der Waals surface area (Å²) in [7, 11) is 0. The van der Waals surface area contributed by atoms with Crippen LogP contribution in [0.4, 0.5) is 0 Å². The second-order valence-corrected chi connectivity index (χ2v) is 5.51. The zero-order chi connectivity index (χ0) is 16.8. The Bertz CT molecular complexity index is 593. The van der Waals surface area contributed by atoms with Crippen LogP contribution in [-0.2, 0) is 27.1 Å². The van der Waals surface area contributed by atoms with Gasteiger partial charge in [-0.1, -0.05) is 0 Å². The third-order valence-corrected chi connectivity index (χ3v) is 3.88. The summed E-state index contributed by atoms with van der Waals surface area (Å²) in [5.74, 6) is -0.276. The van der Waals surface area contributed by atoms with Gasteiger partial charge in [-0.2, -0.15) is 5.10 Å². The van der Waals surface area contributed by atoms with Gasteiger partial charge < -0.3 is 14.8 Å². The van der Waals surface area contributed by atoms with Crippen LogP contribution in [0.5, 0.6) is 0 Å². The van der Waals surface area contributed by atoms with Crippen molar-refractivity contribution in [3.05, 3.63) is 27.7 Å². The molecule has 0 saturated heterocycles. The van der Waals surface area contributed by atoms with Crippen LogP contribution in [0.3, 0.4) is 0 Å². The second-order valence-electron chi connectivity index (χ2n) is 5.51. The molecule has 7 heteroatoms. The summed E-state index contributed by atoms with van der Waals surface area (Å²) in [6.07, 6.45) is 2.28. The maximum atomic E-state index is 12.3. The van der Waals surface area contributed by atoms with Crippen molar-refractivity contribution >= 4 is 5.91 Å². The van der Waals surface area contributed by atoms with Crippen molar-refractivity contribution < 1.29 is 14.3 Å². The number of hydrogen-bond acceptors (Lipinski definition) is 5. The van der Waals surface area contributed by atoms with Crippen LogP contribution < -0.4 is 10.9 Å². The number of fused-ring (bicyclic) bond motifs is 1. The molecule has 1 unspecified atom stereocenters. The molecule has 0 aliphatic heterocycles. The Hall–Kier alpha value is -1.73. The van der Waals surface area contributed by atoms with E-state index in [1.54, 1.807) is 13.0 Å². The number of rotatable bonds is 8. The minimum atomic E-state index is -0.669. The Labute approximate surface area is 136 Å². The Balaban J connectivity index is 2.01. The molecule has 1 atom stereocenters. The Morgan fingerprint density at radius 2 is 2.04 bits per heavy atom. The van der Waals surface area contributed by atoms with E-state index in [1.165, 1.54) is 4.68 Å². The topological polar surface area (TPSA) is 82.5 Å². The lowest BCUT2D eigenvalue weighted by Crippen LogP contribution is -2.41. The molecule has 0 spiro atoms. The first-order chi connectivity index (χ1) is 11.1. The summed E-state index contributed by atoms with van der Waals surface area (Å²) in [6.45, 7) is 6.64. The summed E-state index contributed by atoms with van der Waals surface area (Å²) in [5, 5.41) is 7.11. The molecule has 1 aromatic heterocycles. The number of aryl methyl sites for hydroxylation is 2. The molecule has 7 nitrogen and oxygen atoms in total. The SMILES string of the molecule is CCOC(CNC(=O)C(C)n1nc2c(cc1=O)CCC2)OCC. The molecule has 1 heterocycles. The van der Waals surface area contributed by atoms with Gasteiger partial charge in [-0.25, -0.2) is 4.68 Å². The van der Waals surface area contributed by atoms with E-state index in [0.717, 1.165) is 30.5 Å². The predicted molar refractivity (Wildman–Crippen MR) is 85.3 cm³/mol. The number of carbonyl (C=O) groups excluding carboxylic acids is 1. The molecule has 2 rings (SSSR count). The highest BCUT2D eigenvalue weighted by Crippen LogP contribution is 2.17. The summed E-state index contributed by atoms with van der Waals surface area (Å²) in [6, 6.07) is 0.930. The molecule has 128 valence electrons. The van der Waals surface area contributed by atoms with Crippen molar-refractivity contribution in [3.63, 3.8) is 0 Å². The molecule has 23 heavy (non-hydrogen) atoms. The smallest absolute Gasteiger partial charge is 0.267 e. The van der Waals surface area contributed by atoms with E-state index in [-0.39, 0.29) is 18.0 Å². The van der Waals surface area contributed by atoms with E-state index in [9.17, 15) is 9.59 Å². The molecule has 1 amide bonds. The first kappa shape index (κ1) is 17.6. The zero-order valence-electron chi connectivity index (χ0n) is 14.0. The predicted octanol–water partition coefficient (Wildman–Crippen LogP) is 0.808. The fourth-order valence-corrected chi connectivity index (χ4v) is 2.67. The van der Waals surface area contributed by atoms with E-state index in [2.05, 4.69) is 10.4 Å². The largest absolute Gasteiger partial charge is 0.351 e. The third kappa shape index (κ3) is 4.39. The highest BCUT2D eigenvalue weighted by atomic mass is 16.7. The molecule has 0 saturated carbocycles. The van der Waals surface area contributed by atoms with E-state index >= 15 is 0 Å². The molecule has 1 aliphatic rings. The molecule has 1 aliphatic carbocycles. The van der Waals surface area contributed by atoms with Gasteiger partial charge in [0.25, 0.3) is 5.56 Å². The summed E-state index contributed by atoms with van der Waals surface area (Å²) >= 11 is 0. The van der Waals surface area contributed by atoms with Crippen LogP contribution >= 0.6 is 0 Å². The normalized spacial score (nSPS) is 14.8. The molecule has 1 aromatic rings. The molecule has 0 aromatic carbocycles. The molecule has 1 N–H and O–H groups in total. The minimum absolute atomic E-state index is 0.237. The Kier molecular flexibility index (Phi) is 6.29. The summed E-state index contributed by atoms with van der Waals surface area (Å²) in [4.78, 5) is 24.4. The summed E-state index contributed by atoms with van der Waals surface area (Å²) < 4.78 is 12.0. The molecular weight excluding hydrogens is 298 g/mol. The van der Waals surface area contributed by atoms with Gasteiger partial charge in [0.2, 0.25) is 5.91 Å². The molecular formula is C16H25N3O4. The number of hydrogen-bond donors (Lipinski definition) is 1. The minimum Gasteiger partial charge on any atom is -0.351 e. The first-order valence-electron chi connectivity index (χ1n) is 8.19. The van der Waals surface area contributed by atoms with Crippen LogP contribution in [0.2, 0.25) is 0 Å². The number of amides is 1. The maximum absolute atomic E-state index is 12.3. The van der Waals surface area contributed by atoms with Crippen molar-refractivity contribution in [1.29, 1.82) is 0 Å². The zero-order valence-corrected chi connectivity index (χ0v) is 14.0. The average molecular weight is 323 g/mol. The molecule has 0 fully saturated rings. The van der Waals surface area contributed by atoms with E-state index in [0.29, 0.717) is 13.2 Å². The van der Waals surface area contributed by atoms with Gasteiger partial charge in [-0.15, -0.1) is 0 Å². The van der Waals surface area contributed by atoms with Crippen LogP contribution in [0.15, 0.2) is 10.9 Å². The quantitative estimate of drug-likeness (QED) is 0.716. The number of nitrogens with one attached hydrogen (secondary N) is 1. The maximum Gasteiger partial charge on any atom is 0.267 e. The second kappa shape index (κ2) is 8.21. The average Bonchev–Trinajstić information content (AvgIpc) is 2.98. The van der Waals surface area contributed by atoms with Crippen molar-refractivity contribution in [2.45, 2.75) is 52.4 Å². The fraction of sp³-hybridized carbons (Fsp3) is 0.688. The summed E-state index contributed by atoms with van der Waals surface area (Å²) in [5.41, 5.74) is 1.69.